The second kappa shape index (κ2) is 7.06. The lowest BCUT2D eigenvalue weighted by molar-refractivity contribution is 0.0928. The number of rotatable bonds is 4. The van der Waals surface area contributed by atoms with Gasteiger partial charge in [0.15, 0.2) is 0 Å². The molecule has 0 unspecified atom stereocenters. The first kappa shape index (κ1) is 17.6. The minimum Gasteiger partial charge on any atom is -0.392 e. The molecule has 1 atom stereocenters. The fourth-order valence-electron chi connectivity index (χ4n) is 3.08. The fraction of sp³-hybridized carbons (Fsp3) is 0.143. The van der Waals surface area contributed by atoms with Crippen LogP contribution < -0.4 is 5.32 Å². The van der Waals surface area contributed by atoms with Gasteiger partial charge in [-0.15, -0.1) is 11.3 Å². The number of carbonyl (C=O) groups is 1. The van der Waals surface area contributed by atoms with E-state index in [1.54, 1.807) is 19.2 Å². The number of aromatic nitrogens is 1. The van der Waals surface area contributed by atoms with Crippen molar-refractivity contribution in [1.29, 1.82) is 0 Å². The van der Waals surface area contributed by atoms with Crippen molar-refractivity contribution in [2.75, 3.05) is 6.54 Å². The summed E-state index contributed by atoms with van der Waals surface area (Å²) in [5.74, 6) is -0.605. The summed E-state index contributed by atoms with van der Waals surface area (Å²) < 4.78 is 14.7. The van der Waals surface area contributed by atoms with Crippen molar-refractivity contribution in [3.63, 3.8) is 0 Å². The third kappa shape index (κ3) is 3.29. The van der Waals surface area contributed by atoms with E-state index < -0.39 is 6.10 Å². The summed E-state index contributed by atoms with van der Waals surface area (Å²) in [6.07, 6.45) is 1.10. The second-order valence-corrected chi connectivity index (χ2v) is 7.41. The molecule has 27 heavy (non-hydrogen) atoms. The third-order valence-electron chi connectivity index (χ3n) is 4.31. The molecule has 0 aliphatic rings. The molecule has 136 valence electrons. The number of thiophene rings is 1. The zero-order valence-corrected chi connectivity index (χ0v) is 15.4. The highest BCUT2D eigenvalue weighted by molar-refractivity contribution is 7.22. The molecular weight excluding hydrogens is 363 g/mol. The predicted molar refractivity (Wildman–Crippen MR) is 107 cm³/mol. The molecule has 2 aromatic carbocycles. The third-order valence-corrected chi connectivity index (χ3v) is 5.55. The molecule has 0 bridgehead atoms. The Morgan fingerprint density at radius 1 is 1.22 bits per heavy atom. The first-order valence-electron chi connectivity index (χ1n) is 8.57. The minimum absolute atomic E-state index is 0.162. The summed E-state index contributed by atoms with van der Waals surface area (Å²) in [6, 6.07) is 14.1. The van der Waals surface area contributed by atoms with Crippen LogP contribution in [0.5, 0.6) is 0 Å². The Labute approximate surface area is 159 Å². The lowest BCUT2D eigenvalue weighted by Gasteiger charge is -2.08. The average molecular weight is 380 g/mol. The topological polar surface area (TPSA) is 62.2 Å². The van der Waals surface area contributed by atoms with E-state index in [4.69, 9.17) is 0 Å². The maximum atomic E-state index is 13.8. The number of hydrogen-bond donors (Lipinski definition) is 2. The van der Waals surface area contributed by atoms with Gasteiger partial charge in [0.05, 0.1) is 11.6 Å². The van der Waals surface area contributed by atoms with Crippen molar-refractivity contribution in [3.8, 4) is 11.1 Å². The number of aliphatic hydroxyl groups excluding tert-OH is 1. The van der Waals surface area contributed by atoms with Crippen molar-refractivity contribution in [2.45, 2.75) is 13.0 Å². The molecule has 0 fully saturated rings. The van der Waals surface area contributed by atoms with Gasteiger partial charge in [-0.25, -0.2) is 4.39 Å². The number of halogens is 1. The lowest BCUT2D eigenvalue weighted by atomic mass is 10.0. The van der Waals surface area contributed by atoms with Crippen LogP contribution in [0.25, 0.3) is 32.1 Å². The van der Waals surface area contributed by atoms with Gasteiger partial charge in [-0.1, -0.05) is 30.3 Å². The van der Waals surface area contributed by atoms with Gasteiger partial charge in [0.2, 0.25) is 0 Å². The number of nitrogens with zero attached hydrogens (tertiary/aromatic N) is 1. The summed E-state index contributed by atoms with van der Waals surface area (Å²) in [7, 11) is 0. The Morgan fingerprint density at radius 2 is 2.00 bits per heavy atom. The van der Waals surface area contributed by atoms with Gasteiger partial charge in [-0.3, -0.25) is 9.78 Å². The molecule has 4 nitrogen and oxygen atoms in total. The van der Waals surface area contributed by atoms with E-state index in [0.29, 0.717) is 15.8 Å². The molecule has 0 aliphatic heterocycles. The molecule has 0 saturated heterocycles. The number of benzene rings is 2. The van der Waals surface area contributed by atoms with Gasteiger partial charge >= 0.3 is 0 Å². The first-order valence-corrected chi connectivity index (χ1v) is 9.38. The lowest BCUT2D eigenvalue weighted by Crippen LogP contribution is -2.30. The summed E-state index contributed by atoms with van der Waals surface area (Å²) in [5.41, 5.74) is 2.35. The summed E-state index contributed by atoms with van der Waals surface area (Å²) in [6.45, 7) is 1.78. The summed E-state index contributed by atoms with van der Waals surface area (Å²) in [4.78, 5) is 17.8. The largest absolute Gasteiger partial charge is 0.392 e. The molecule has 4 rings (SSSR count). The SMILES string of the molecule is C[C@H](O)CNC(=O)c1sc2c(cnc3ccc(F)cc32)c1-c1ccccc1. The van der Waals surface area contributed by atoms with E-state index >= 15 is 0 Å². The number of carbonyl (C=O) groups excluding carboxylic acids is 1. The molecule has 4 aromatic rings. The van der Waals surface area contributed by atoms with Gasteiger partial charge in [0.25, 0.3) is 5.91 Å². The standard InChI is InChI=1S/C21H17FN2O2S/c1-12(25)10-24-21(26)20-18(13-5-3-2-4-6-13)16-11-23-17-8-7-14(22)9-15(17)19(16)27-20/h2-9,11-12,25H,10H2,1H3,(H,24,26)/t12-/m0/s1. The Kier molecular flexibility index (Phi) is 4.59. The van der Waals surface area contributed by atoms with Gasteiger partial charge in [0, 0.05) is 33.8 Å². The molecular formula is C21H17FN2O2S. The van der Waals surface area contributed by atoms with Crippen molar-refractivity contribution in [3.05, 3.63) is 65.4 Å². The molecule has 6 heteroatoms. The number of nitrogens with one attached hydrogen (secondary N) is 1. The highest BCUT2D eigenvalue weighted by Crippen LogP contribution is 2.41. The monoisotopic (exact) mass is 380 g/mol. The molecule has 0 aliphatic carbocycles. The molecule has 0 spiro atoms. The van der Waals surface area contributed by atoms with Gasteiger partial charge < -0.3 is 10.4 Å². The molecule has 1 amide bonds. The highest BCUT2D eigenvalue weighted by Gasteiger charge is 2.21. The van der Waals surface area contributed by atoms with E-state index in [1.165, 1.54) is 23.5 Å². The first-order chi connectivity index (χ1) is 13.0. The number of fused-ring (bicyclic) bond motifs is 3. The normalized spacial score (nSPS) is 12.4. The average Bonchev–Trinajstić information content (AvgIpc) is 3.07. The Hall–Kier alpha value is -2.83. The van der Waals surface area contributed by atoms with Crippen LogP contribution in [0, 0.1) is 5.82 Å². The quantitative estimate of drug-likeness (QED) is 0.553. The molecule has 2 aromatic heterocycles. The van der Waals surface area contributed by atoms with Gasteiger partial charge in [-0.05, 0) is 30.7 Å². The minimum atomic E-state index is -0.639. The van der Waals surface area contributed by atoms with Gasteiger partial charge in [0.1, 0.15) is 10.7 Å². The maximum absolute atomic E-state index is 13.8. The zero-order chi connectivity index (χ0) is 19.0. The molecule has 0 radical (unpaired) electrons. The second-order valence-electron chi connectivity index (χ2n) is 6.39. The van der Waals surface area contributed by atoms with Crippen LogP contribution in [-0.4, -0.2) is 28.6 Å². The van der Waals surface area contributed by atoms with Crippen molar-refractivity contribution in [2.24, 2.45) is 0 Å². The maximum Gasteiger partial charge on any atom is 0.262 e. The van der Waals surface area contributed by atoms with Crippen LogP contribution >= 0.6 is 11.3 Å². The smallest absolute Gasteiger partial charge is 0.262 e. The Balaban J connectivity index is 1.98. The Morgan fingerprint density at radius 3 is 2.74 bits per heavy atom. The number of amides is 1. The van der Waals surface area contributed by atoms with Crippen molar-refractivity contribution < 1.29 is 14.3 Å². The van der Waals surface area contributed by atoms with Crippen LogP contribution in [0.15, 0.2) is 54.7 Å². The Bertz CT molecular complexity index is 1140. The molecule has 2 heterocycles. The van der Waals surface area contributed by atoms with Crippen LogP contribution in [0.1, 0.15) is 16.6 Å². The van der Waals surface area contributed by atoms with Crippen molar-refractivity contribution in [1.82, 2.24) is 10.3 Å². The summed E-state index contributed by atoms with van der Waals surface area (Å²) in [5, 5.41) is 13.7. The van der Waals surface area contributed by atoms with E-state index in [1.807, 2.05) is 30.3 Å². The molecule has 2 N–H and O–H groups in total. The van der Waals surface area contributed by atoms with Crippen LogP contribution in [0.2, 0.25) is 0 Å². The van der Waals surface area contributed by atoms with Crippen LogP contribution in [0.3, 0.4) is 0 Å². The number of hydrogen-bond acceptors (Lipinski definition) is 4. The fourth-order valence-corrected chi connectivity index (χ4v) is 4.31. The van der Waals surface area contributed by atoms with Crippen LogP contribution in [0.4, 0.5) is 4.39 Å². The van der Waals surface area contributed by atoms with E-state index in [2.05, 4.69) is 10.3 Å². The molecule has 0 saturated carbocycles. The van der Waals surface area contributed by atoms with E-state index in [-0.39, 0.29) is 18.3 Å². The number of aliphatic hydroxyl groups is 1. The highest BCUT2D eigenvalue weighted by atomic mass is 32.1. The van der Waals surface area contributed by atoms with E-state index in [9.17, 15) is 14.3 Å². The zero-order valence-electron chi connectivity index (χ0n) is 14.6. The summed E-state index contributed by atoms with van der Waals surface area (Å²) >= 11 is 1.32. The van der Waals surface area contributed by atoms with E-state index in [0.717, 1.165) is 21.2 Å². The van der Waals surface area contributed by atoms with Crippen LogP contribution in [-0.2, 0) is 0 Å². The number of pyridine rings is 1. The van der Waals surface area contributed by atoms with Crippen molar-refractivity contribution >= 4 is 38.2 Å². The predicted octanol–water partition coefficient (Wildman–Crippen LogP) is 4.37. The van der Waals surface area contributed by atoms with Gasteiger partial charge in [-0.2, -0.15) is 0 Å².